The number of anilines is 1. The average Bonchev–Trinajstić information content (AvgIpc) is 2.65. The minimum atomic E-state index is -0.338. The van der Waals surface area contributed by atoms with Gasteiger partial charge in [-0.3, -0.25) is 4.79 Å². The van der Waals surface area contributed by atoms with E-state index in [-0.39, 0.29) is 11.9 Å². The monoisotopic (exact) mass is 395 g/mol. The second kappa shape index (κ2) is 8.44. The van der Waals surface area contributed by atoms with Gasteiger partial charge in [-0.05, 0) is 74.8 Å². The third-order valence-corrected chi connectivity index (χ3v) is 5.11. The van der Waals surface area contributed by atoms with Crippen molar-refractivity contribution in [3.05, 3.63) is 70.4 Å². The molecular weight excluding hydrogens is 370 g/mol. The Kier molecular flexibility index (Phi) is 5.99. The highest BCUT2D eigenvalue weighted by Crippen LogP contribution is 2.29. The molecule has 28 heavy (non-hydrogen) atoms. The minimum absolute atomic E-state index is 0.160. The van der Waals surface area contributed by atoms with Gasteiger partial charge in [-0.15, -0.1) is 0 Å². The molecule has 0 radical (unpaired) electrons. The summed E-state index contributed by atoms with van der Waals surface area (Å²) < 4.78 is 5.52. The van der Waals surface area contributed by atoms with E-state index in [0.29, 0.717) is 17.3 Å². The summed E-state index contributed by atoms with van der Waals surface area (Å²) in [6.07, 6.45) is 0. The van der Waals surface area contributed by atoms with Crippen molar-refractivity contribution in [2.24, 2.45) is 0 Å². The predicted molar refractivity (Wildman–Crippen MR) is 116 cm³/mol. The molecule has 0 spiro atoms. The van der Waals surface area contributed by atoms with E-state index in [1.54, 1.807) is 0 Å². The van der Waals surface area contributed by atoms with Crippen LogP contribution in [-0.2, 0) is 4.79 Å². The molecule has 0 aliphatic carbocycles. The number of benzene rings is 2. The molecule has 6 heteroatoms. The van der Waals surface area contributed by atoms with Crippen molar-refractivity contribution in [1.29, 1.82) is 0 Å². The Morgan fingerprint density at radius 1 is 1.14 bits per heavy atom. The minimum Gasteiger partial charge on any atom is -0.494 e. The normalized spacial score (nSPS) is 16.3. The summed E-state index contributed by atoms with van der Waals surface area (Å²) in [5.41, 5.74) is 5.29. The number of thiocarbonyl (C=S) groups is 1. The SMILES string of the molecule is CCOc1ccc(C2NC(=S)NC(C)=C2C(=O)Nc2cccc(C)c2C)cc1. The quantitative estimate of drug-likeness (QED) is 0.665. The van der Waals surface area contributed by atoms with Crippen molar-refractivity contribution in [3.63, 3.8) is 0 Å². The Morgan fingerprint density at radius 3 is 2.54 bits per heavy atom. The van der Waals surface area contributed by atoms with E-state index in [4.69, 9.17) is 17.0 Å². The van der Waals surface area contributed by atoms with Crippen LogP contribution in [0.25, 0.3) is 0 Å². The maximum absolute atomic E-state index is 13.2. The van der Waals surface area contributed by atoms with Crippen molar-refractivity contribution in [1.82, 2.24) is 10.6 Å². The zero-order valence-corrected chi connectivity index (χ0v) is 17.4. The molecule has 1 heterocycles. The van der Waals surface area contributed by atoms with Crippen LogP contribution in [0.3, 0.4) is 0 Å². The molecule has 1 aliphatic rings. The molecule has 0 fully saturated rings. The van der Waals surface area contributed by atoms with Crippen LogP contribution in [0.5, 0.6) is 5.75 Å². The van der Waals surface area contributed by atoms with Gasteiger partial charge >= 0.3 is 0 Å². The van der Waals surface area contributed by atoms with Crippen LogP contribution < -0.4 is 20.7 Å². The first-order valence-corrected chi connectivity index (χ1v) is 9.70. The van der Waals surface area contributed by atoms with Gasteiger partial charge in [0.05, 0.1) is 18.2 Å². The molecule has 0 aromatic heterocycles. The summed E-state index contributed by atoms with van der Waals surface area (Å²) in [5.74, 6) is 0.637. The first-order chi connectivity index (χ1) is 13.4. The van der Waals surface area contributed by atoms with Gasteiger partial charge in [-0.1, -0.05) is 24.3 Å². The molecule has 2 aromatic rings. The number of nitrogens with one attached hydrogen (secondary N) is 3. The van der Waals surface area contributed by atoms with Gasteiger partial charge in [0.2, 0.25) is 0 Å². The summed E-state index contributed by atoms with van der Waals surface area (Å²) in [4.78, 5) is 13.2. The Hall–Kier alpha value is -2.86. The summed E-state index contributed by atoms with van der Waals surface area (Å²) in [6.45, 7) is 8.45. The Bertz CT molecular complexity index is 935. The molecular formula is C22H25N3O2S. The number of amides is 1. The van der Waals surface area contributed by atoms with Crippen molar-refractivity contribution in [2.45, 2.75) is 33.7 Å². The van der Waals surface area contributed by atoms with E-state index in [9.17, 15) is 4.79 Å². The summed E-state index contributed by atoms with van der Waals surface area (Å²) >= 11 is 5.32. The second-order valence-corrected chi connectivity index (χ2v) is 7.18. The number of carbonyl (C=O) groups is 1. The number of allylic oxidation sites excluding steroid dienone is 1. The number of carbonyl (C=O) groups excluding carboxylic acids is 1. The molecule has 2 aromatic carbocycles. The zero-order valence-electron chi connectivity index (χ0n) is 16.6. The Morgan fingerprint density at radius 2 is 1.86 bits per heavy atom. The lowest BCUT2D eigenvalue weighted by Crippen LogP contribution is -2.45. The van der Waals surface area contributed by atoms with Gasteiger partial charge in [0.25, 0.3) is 5.91 Å². The number of hydrogen-bond donors (Lipinski definition) is 3. The van der Waals surface area contributed by atoms with Crippen LogP contribution in [0, 0.1) is 13.8 Å². The first-order valence-electron chi connectivity index (χ1n) is 9.29. The highest BCUT2D eigenvalue weighted by atomic mass is 32.1. The van der Waals surface area contributed by atoms with E-state index in [2.05, 4.69) is 16.0 Å². The van der Waals surface area contributed by atoms with E-state index < -0.39 is 0 Å². The largest absolute Gasteiger partial charge is 0.494 e. The third kappa shape index (κ3) is 4.17. The maximum atomic E-state index is 13.2. The molecule has 3 rings (SSSR count). The lowest BCUT2D eigenvalue weighted by molar-refractivity contribution is -0.113. The maximum Gasteiger partial charge on any atom is 0.255 e. The molecule has 0 saturated carbocycles. The second-order valence-electron chi connectivity index (χ2n) is 6.77. The van der Waals surface area contributed by atoms with Gasteiger partial charge in [0.1, 0.15) is 5.75 Å². The Balaban J connectivity index is 1.93. The van der Waals surface area contributed by atoms with Crippen molar-refractivity contribution < 1.29 is 9.53 Å². The smallest absolute Gasteiger partial charge is 0.255 e. The van der Waals surface area contributed by atoms with Crippen LogP contribution in [0.15, 0.2) is 53.7 Å². The molecule has 3 N–H and O–H groups in total. The van der Waals surface area contributed by atoms with Crippen LogP contribution in [-0.4, -0.2) is 17.6 Å². The first kappa shape index (κ1) is 19.9. The lowest BCUT2D eigenvalue weighted by Gasteiger charge is -2.30. The topological polar surface area (TPSA) is 62.4 Å². The van der Waals surface area contributed by atoms with Gasteiger partial charge in [0, 0.05) is 11.4 Å². The van der Waals surface area contributed by atoms with Crippen LogP contribution >= 0.6 is 12.2 Å². The van der Waals surface area contributed by atoms with Crippen LogP contribution in [0.1, 0.15) is 36.6 Å². The van der Waals surface area contributed by atoms with E-state index in [1.165, 1.54) is 0 Å². The van der Waals surface area contributed by atoms with Crippen LogP contribution in [0.4, 0.5) is 5.69 Å². The molecule has 5 nitrogen and oxygen atoms in total. The zero-order chi connectivity index (χ0) is 20.3. The van der Waals surface area contributed by atoms with Gasteiger partial charge in [0.15, 0.2) is 5.11 Å². The average molecular weight is 396 g/mol. The van der Waals surface area contributed by atoms with Gasteiger partial charge in [-0.2, -0.15) is 0 Å². The van der Waals surface area contributed by atoms with Crippen molar-refractivity contribution >= 4 is 28.9 Å². The summed E-state index contributed by atoms with van der Waals surface area (Å²) in [6, 6.07) is 13.3. The fraction of sp³-hybridized carbons (Fsp3) is 0.273. The summed E-state index contributed by atoms with van der Waals surface area (Å²) in [5, 5.41) is 9.84. The fourth-order valence-electron chi connectivity index (χ4n) is 3.24. The Labute approximate surface area is 171 Å². The highest BCUT2D eigenvalue weighted by Gasteiger charge is 2.30. The molecule has 1 aliphatic heterocycles. The number of hydrogen-bond acceptors (Lipinski definition) is 3. The van der Waals surface area contributed by atoms with E-state index in [0.717, 1.165) is 33.8 Å². The number of rotatable bonds is 5. The van der Waals surface area contributed by atoms with Gasteiger partial charge in [-0.25, -0.2) is 0 Å². The third-order valence-electron chi connectivity index (χ3n) is 4.89. The standard InChI is InChI=1S/C22H25N3O2S/c1-5-27-17-11-9-16(10-12-17)20-19(15(4)23-22(28)25-20)21(26)24-18-8-6-7-13(2)14(18)3/h6-12,20H,5H2,1-4H3,(H,24,26)(H2,23,25,28). The molecule has 0 saturated heterocycles. The molecule has 146 valence electrons. The highest BCUT2D eigenvalue weighted by molar-refractivity contribution is 7.80. The van der Waals surface area contributed by atoms with Crippen LogP contribution in [0.2, 0.25) is 0 Å². The van der Waals surface area contributed by atoms with E-state index in [1.807, 2.05) is 70.2 Å². The number of ether oxygens (including phenoxy) is 1. The molecule has 1 unspecified atom stereocenters. The molecule has 1 atom stereocenters. The van der Waals surface area contributed by atoms with Gasteiger partial charge < -0.3 is 20.7 Å². The van der Waals surface area contributed by atoms with Crippen molar-refractivity contribution in [3.8, 4) is 5.75 Å². The molecule has 0 bridgehead atoms. The number of aryl methyl sites for hydroxylation is 1. The molecule has 1 amide bonds. The summed E-state index contributed by atoms with van der Waals surface area (Å²) in [7, 11) is 0. The lowest BCUT2D eigenvalue weighted by atomic mass is 9.94. The fourth-order valence-corrected chi connectivity index (χ4v) is 3.52. The van der Waals surface area contributed by atoms with Crippen molar-refractivity contribution in [2.75, 3.05) is 11.9 Å². The van der Waals surface area contributed by atoms with E-state index >= 15 is 0 Å². The predicted octanol–water partition coefficient (Wildman–Crippen LogP) is 4.13.